The number of methoxy groups -OCH3 is 2. The maximum atomic E-state index is 13.1. The Kier molecular flexibility index (Phi) is 4.89. The van der Waals surface area contributed by atoms with E-state index in [4.69, 9.17) is 15.2 Å². The van der Waals surface area contributed by atoms with Gasteiger partial charge in [0.25, 0.3) is 0 Å². The second-order valence-corrected chi connectivity index (χ2v) is 6.54. The van der Waals surface area contributed by atoms with E-state index in [1.807, 2.05) is 56.3 Å². The second kappa shape index (κ2) is 7.12. The van der Waals surface area contributed by atoms with E-state index in [9.17, 15) is 4.79 Å². The minimum Gasteiger partial charge on any atom is -0.493 e. The SMILES string of the molecule is COc1ccc(CC(C)C(=O)n2c(C)cc3cccc(N)c32)cc1OC. The third-order valence-corrected chi connectivity index (χ3v) is 4.67. The molecule has 0 saturated carbocycles. The second-order valence-electron chi connectivity index (χ2n) is 6.54. The van der Waals surface area contributed by atoms with Crippen molar-refractivity contribution in [2.75, 3.05) is 20.0 Å². The number of nitrogens with zero attached hydrogens (tertiary/aromatic N) is 1. The first-order valence-electron chi connectivity index (χ1n) is 8.58. The summed E-state index contributed by atoms with van der Waals surface area (Å²) in [6.07, 6.45) is 0.602. The van der Waals surface area contributed by atoms with Gasteiger partial charge in [-0.05, 0) is 43.2 Å². The molecule has 0 radical (unpaired) electrons. The average molecular weight is 352 g/mol. The maximum Gasteiger partial charge on any atom is 0.234 e. The summed E-state index contributed by atoms with van der Waals surface area (Å²) < 4.78 is 12.4. The largest absolute Gasteiger partial charge is 0.493 e. The van der Waals surface area contributed by atoms with Crippen molar-refractivity contribution in [1.82, 2.24) is 4.57 Å². The van der Waals surface area contributed by atoms with E-state index < -0.39 is 0 Å². The van der Waals surface area contributed by atoms with Crippen LogP contribution in [0.15, 0.2) is 42.5 Å². The number of aryl methyl sites for hydroxylation is 1. The van der Waals surface area contributed by atoms with Gasteiger partial charge in [-0.1, -0.05) is 25.1 Å². The predicted molar refractivity (Wildman–Crippen MR) is 104 cm³/mol. The van der Waals surface area contributed by atoms with E-state index in [0.717, 1.165) is 22.2 Å². The average Bonchev–Trinajstić information content (AvgIpc) is 2.98. The Labute approximate surface area is 153 Å². The summed E-state index contributed by atoms with van der Waals surface area (Å²) in [7, 11) is 3.21. The number of hydrogen-bond donors (Lipinski definition) is 1. The summed E-state index contributed by atoms with van der Waals surface area (Å²) in [5.74, 6) is 1.17. The topological polar surface area (TPSA) is 66.5 Å². The van der Waals surface area contributed by atoms with Gasteiger partial charge >= 0.3 is 0 Å². The van der Waals surface area contributed by atoms with Gasteiger partial charge in [-0.3, -0.25) is 9.36 Å². The van der Waals surface area contributed by atoms with E-state index in [2.05, 4.69) is 0 Å². The number of ether oxygens (including phenoxy) is 2. The molecule has 2 N–H and O–H groups in total. The highest BCUT2D eigenvalue weighted by atomic mass is 16.5. The zero-order valence-electron chi connectivity index (χ0n) is 15.6. The lowest BCUT2D eigenvalue weighted by molar-refractivity contribution is 0.0848. The lowest BCUT2D eigenvalue weighted by Crippen LogP contribution is -2.22. The standard InChI is InChI=1S/C21H24N2O3/c1-13(10-15-8-9-18(25-3)19(12-15)26-4)21(24)23-14(2)11-16-6-5-7-17(22)20(16)23/h5-9,11-13H,10,22H2,1-4H3. The van der Waals surface area contributed by atoms with Crippen molar-refractivity contribution in [2.45, 2.75) is 20.3 Å². The molecule has 0 bridgehead atoms. The zero-order chi connectivity index (χ0) is 18.8. The van der Waals surface area contributed by atoms with Gasteiger partial charge in [0.15, 0.2) is 11.5 Å². The smallest absolute Gasteiger partial charge is 0.234 e. The number of hydrogen-bond acceptors (Lipinski definition) is 4. The van der Waals surface area contributed by atoms with Crippen LogP contribution >= 0.6 is 0 Å². The fourth-order valence-electron chi connectivity index (χ4n) is 3.37. The lowest BCUT2D eigenvalue weighted by atomic mass is 9.99. The van der Waals surface area contributed by atoms with E-state index in [0.29, 0.717) is 23.6 Å². The quantitative estimate of drug-likeness (QED) is 0.703. The van der Waals surface area contributed by atoms with E-state index >= 15 is 0 Å². The molecule has 5 heteroatoms. The van der Waals surface area contributed by atoms with E-state index in [1.54, 1.807) is 18.8 Å². The highest BCUT2D eigenvalue weighted by Gasteiger charge is 2.21. The molecule has 0 spiro atoms. The Hall–Kier alpha value is -2.95. The molecule has 5 nitrogen and oxygen atoms in total. The van der Waals surface area contributed by atoms with Crippen LogP contribution in [0.4, 0.5) is 5.69 Å². The third-order valence-electron chi connectivity index (χ3n) is 4.67. The Morgan fingerprint density at radius 2 is 1.85 bits per heavy atom. The molecule has 26 heavy (non-hydrogen) atoms. The first-order chi connectivity index (χ1) is 12.5. The highest BCUT2D eigenvalue weighted by Crippen LogP contribution is 2.30. The summed E-state index contributed by atoms with van der Waals surface area (Å²) in [6.45, 7) is 3.86. The van der Waals surface area contributed by atoms with Crippen molar-refractivity contribution >= 4 is 22.5 Å². The molecule has 1 atom stereocenters. The molecule has 3 aromatic rings. The number of benzene rings is 2. The summed E-state index contributed by atoms with van der Waals surface area (Å²) in [6, 6.07) is 13.4. The number of anilines is 1. The van der Waals surface area contributed by atoms with Crippen LogP contribution in [0.25, 0.3) is 10.9 Å². The molecule has 1 unspecified atom stereocenters. The van der Waals surface area contributed by atoms with Crippen molar-refractivity contribution < 1.29 is 14.3 Å². The Bertz CT molecular complexity index is 959. The Morgan fingerprint density at radius 3 is 2.54 bits per heavy atom. The first-order valence-corrected chi connectivity index (χ1v) is 8.58. The number of para-hydroxylation sites is 1. The molecule has 0 aliphatic carbocycles. The van der Waals surface area contributed by atoms with Crippen molar-refractivity contribution in [3.05, 3.63) is 53.7 Å². The summed E-state index contributed by atoms with van der Waals surface area (Å²) >= 11 is 0. The van der Waals surface area contributed by atoms with Crippen LogP contribution in [0.2, 0.25) is 0 Å². The molecule has 0 fully saturated rings. The normalized spacial score (nSPS) is 12.2. The predicted octanol–water partition coefficient (Wildman–Crippen LogP) is 4.07. The van der Waals surface area contributed by atoms with Gasteiger partial charge in [-0.15, -0.1) is 0 Å². The molecule has 0 aliphatic rings. The Morgan fingerprint density at radius 1 is 1.12 bits per heavy atom. The molecule has 3 rings (SSSR count). The molecule has 0 aliphatic heterocycles. The van der Waals surface area contributed by atoms with Gasteiger partial charge in [-0.2, -0.15) is 0 Å². The molecule has 1 aromatic heterocycles. The number of nitrogens with two attached hydrogens (primary N) is 1. The third kappa shape index (κ3) is 3.12. The monoisotopic (exact) mass is 352 g/mol. The van der Waals surface area contributed by atoms with Gasteiger partial charge in [0.2, 0.25) is 5.91 Å². The number of aromatic nitrogens is 1. The van der Waals surface area contributed by atoms with Crippen molar-refractivity contribution in [3.8, 4) is 11.5 Å². The molecule has 0 saturated heterocycles. The summed E-state index contributed by atoms with van der Waals surface area (Å²) in [5, 5.41) is 0.981. The van der Waals surface area contributed by atoms with Crippen molar-refractivity contribution in [1.29, 1.82) is 0 Å². The lowest BCUT2D eigenvalue weighted by Gasteiger charge is -2.16. The van der Waals surface area contributed by atoms with Crippen LogP contribution in [0, 0.1) is 12.8 Å². The Balaban J connectivity index is 1.91. The fraction of sp³-hybridized carbons (Fsp3) is 0.286. The van der Waals surface area contributed by atoms with Gasteiger partial charge in [0.1, 0.15) is 0 Å². The van der Waals surface area contributed by atoms with Crippen LogP contribution in [-0.4, -0.2) is 24.7 Å². The van der Waals surface area contributed by atoms with Crippen LogP contribution in [-0.2, 0) is 6.42 Å². The molecule has 0 amide bonds. The molecular formula is C21H24N2O3. The maximum absolute atomic E-state index is 13.1. The minimum atomic E-state index is -0.206. The zero-order valence-corrected chi connectivity index (χ0v) is 15.6. The summed E-state index contributed by atoms with van der Waals surface area (Å²) in [4.78, 5) is 13.1. The first kappa shape index (κ1) is 17.9. The minimum absolute atomic E-state index is 0.0326. The number of fused-ring (bicyclic) bond motifs is 1. The van der Waals surface area contributed by atoms with Crippen LogP contribution in [0.3, 0.4) is 0 Å². The van der Waals surface area contributed by atoms with Crippen LogP contribution in [0.1, 0.15) is 23.0 Å². The van der Waals surface area contributed by atoms with Crippen LogP contribution in [0.5, 0.6) is 11.5 Å². The number of carbonyl (C=O) groups is 1. The highest BCUT2D eigenvalue weighted by molar-refractivity contribution is 6.00. The van der Waals surface area contributed by atoms with E-state index in [1.165, 1.54) is 0 Å². The fourth-order valence-corrected chi connectivity index (χ4v) is 3.37. The number of nitrogen functional groups attached to an aromatic ring is 1. The van der Waals surface area contributed by atoms with Crippen molar-refractivity contribution in [2.24, 2.45) is 5.92 Å². The van der Waals surface area contributed by atoms with E-state index in [-0.39, 0.29) is 11.8 Å². The van der Waals surface area contributed by atoms with Crippen molar-refractivity contribution in [3.63, 3.8) is 0 Å². The van der Waals surface area contributed by atoms with Gasteiger partial charge in [0.05, 0.1) is 25.4 Å². The number of rotatable bonds is 5. The summed E-state index contributed by atoms with van der Waals surface area (Å²) in [5.41, 5.74) is 9.44. The number of carbonyl (C=O) groups excluding carboxylic acids is 1. The molecule has 136 valence electrons. The van der Waals surface area contributed by atoms with Gasteiger partial charge < -0.3 is 15.2 Å². The van der Waals surface area contributed by atoms with Gasteiger partial charge in [-0.25, -0.2) is 0 Å². The van der Waals surface area contributed by atoms with Gasteiger partial charge in [0, 0.05) is 17.0 Å². The van der Waals surface area contributed by atoms with Crippen LogP contribution < -0.4 is 15.2 Å². The molecule has 1 heterocycles. The molecular weight excluding hydrogens is 328 g/mol. The molecule has 2 aromatic carbocycles.